The second kappa shape index (κ2) is 7.44. The predicted octanol–water partition coefficient (Wildman–Crippen LogP) is 3.46. The summed E-state index contributed by atoms with van der Waals surface area (Å²) in [6.07, 6.45) is 3.23. The average molecular weight is 400 g/mol. The number of anilines is 1. The van der Waals surface area contributed by atoms with Crippen LogP contribution in [0.3, 0.4) is 0 Å². The fraction of sp³-hybridized carbons (Fsp3) is 0.130. The SMILES string of the molecule is Cc1ccccc1N1C(=O)NC(=O)/C(=C\c2cc(C)n(-c3ccccn3)c2C)C1=O. The van der Waals surface area contributed by atoms with E-state index < -0.39 is 17.8 Å². The Morgan fingerprint density at radius 3 is 2.40 bits per heavy atom. The van der Waals surface area contributed by atoms with Crippen molar-refractivity contribution >= 4 is 29.6 Å². The molecule has 1 aliphatic heterocycles. The van der Waals surface area contributed by atoms with Gasteiger partial charge in [-0.05, 0) is 62.2 Å². The zero-order chi connectivity index (χ0) is 21.4. The van der Waals surface area contributed by atoms with Gasteiger partial charge in [0.2, 0.25) is 0 Å². The van der Waals surface area contributed by atoms with E-state index in [0.29, 0.717) is 11.3 Å². The van der Waals surface area contributed by atoms with Crippen LogP contribution in [0.2, 0.25) is 0 Å². The molecule has 0 aliphatic carbocycles. The molecule has 3 aromatic rings. The number of carbonyl (C=O) groups is 3. The van der Waals surface area contributed by atoms with E-state index in [2.05, 4.69) is 10.3 Å². The summed E-state index contributed by atoms with van der Waals surface area (Å²) in [5, 5.41) is 2.27. The van der Waals surface area contributed by atoms with Gasteiger partial charge in [-0.25, -0.2) is 14.7 Å². The van der Waals surface area contributed by atoms with E-state index in [1.807, 2.05) is 48.7 Å². The van der Waals surface area contributed by atoms with Gasteiger partial charge in [-0.1, -0.05) is 24.3 Å². The molecular weight excluding hydrogens is 380 g/mol. The average Bonchev–Trinajstić information content (AvgIpc) is 3.00. The summed E-state index contributed by atoms with van der Waals surface area (Å²) in [5.74, 6) is -0.619. The highest BCUT2D eigenvalue weighted by Gasteiger charge is 2.37. The monoisotopic (exact) mass is 400 g/mol. The number of rotatable bonds is 3. The first-order chi connectivity index (χ1) is 14.4. The Labute approximate surface area is 173 Å². The number of imide groups is 2. The number of urea groups is 1. The smallest absolute Gasteiger partial charge is 0.303 e. The molecule has 7 heteroatoms. The van der Waals surface area contributed by atoms with Gasteiger partial charge in [0, 0.05) is 17.6 Å². The van der Waals surface area contributed by atoms with Crippen molar-refractivity contribution in [3.63, 3.8) is 0 Å². The summed E-state index contributed by atoms with van der Waals surface area (Å²) in [7, 11) is 0. The van der Waals surface area contributed by atoms with Crippen molar-refractivity contribution in [1.82, 2.24) is 14.9 Å². The molecule has 0 unspecified atom stereocenters. The minimum absolute atomic E-state index is 0.0980. The first-order valence-electron chi connectivity index (χ1n) is 9.46. The molecule has 7 nitrogen and oxygen atoms in total. The van der Waals surface area contributed by atoms with Crippen LogP contribution >= 0.6 is 0 Å². The number of hydrogen-bond acceptors (Lipinski definition) is 4. The van der Waals surface area contributed by atoms with E-state index in [1.54, 1.807) is 31.3 Å². The summed E-state index contributed by atoms with van der Waals surface area (Å²) in [6.45, 7) is 5.62. The number of barbiturate groups is 1. The predicted molar refractivity (Wildman–Crippen MR) is 113 cm³/mol. The maximum atomic E-state index is 13.1. The third kappa shape index (κ3) is 3.20. The zero-order valence-electron chi connectivity index (χ0n) is 16.8. The Hall–Kier alpha value is -4.00. The lowest BCUT2D eigenvalue weighted by atomic mass is 10.1. The minimum atomic E-state index is -0.754. The number of carbonyl (C=O) groups excluding carboxylic acids is 3. The molecule has 1 aromatic carbocycles. The fourth-order valence-corrected chi connectivity index (χ4v) is 3.62. The van der Waals surface area contributed by atoms with Gasteiger partial charge >= 0.3 is 6.03 Å². The Morgan fingerprint density at radius 2 is 1.70 bits per heavy atom. The van der Waals surface area contributed by atoms with Gasteiger partial charge in [-0.15, -0.1) is 0 Å². The van der Waals surface area contributed by atoms with Crippen molar-refractivity contribution in [2.75, 3.05) is 4.90 Å². The summed E-state index contributed by atoms with van der Waals surface area (Å²) in [4.78, 5) is 43.4. The molecule has 30 heavy (non-hydrogen) atoms. The number of nitrogens with zero attached hydrogens (tertiary/aromatic N) is 3. The molecule has 1 fully saturated rings. The lowest BCUT2D eigenvalue weighted by molar-refractivity contribution is -0.122. The Kier molecular flexibility index (Phi) is 4.79. The number of nitrogens with one attached hydrogen (secondary N) is 1. The van der Waals surface area contributed by atoms with E-state index in [-0.39, 0.29) is 5.57 Å². The zero-order valence-corrected chi connectivity index (χ0v) is 16.8. The van der Waals surface area contributed by atoms with E-state index in [4.69, 9.17) is 0 Å². The maximum absolute atomic E-state index is 13.1. The van der Waals surface area contributed by atoms with Crippen LogP contribution in [0.1, 0.15) is 22.5 Å². The van der Waals surface area contributed by atoms with Crippen LogP contribution in [0.5, 0.6) is 0 Å². The van der Waals surface area contributed by atoms with Gasteiger partial charge in [0.05, 0.1) is 5.69 Å². The molecule has 0 spiro atoms. The Bertz CT molecular complexity index is 1210. The van der Waals surface area contributed by atoms with Gasteiger partial charge in [0.25, 0.3) is 11.8 Å². The molecule has 0 saturated carbocycles. The van der Waals surface area contributed by atoms with Gasteiger partial charge in [-0.2, -0.15) is 0 Å². The molecule has 1 N–H and O–H groups in total. The van der Waals surface area contributed by atoms with Crippen LogP contribution in [0, 0.1) is 20.8 Å². The van der Waals surface area contributed by atoms with Gasteiger partial charge in [0.1, 0.15) is 11.4 Å². The molecule has 1 saturated heterocycles. The van der Waals surface area contributed by atoms with Crippen molar-refractivity contribution in [2.24, 2.45) is 0 Å². The summed E-state index contributed by atoms with van der Waals surface area (Å²) < 4.78 is 1.95. The van der Waals surface area contributed by atoms with Crippen LogP contribution in [0.25, 0.3) is 11.9 Å². The molecule has 0 bridgehead atoms. The topological polar surface area (TPSA) is 84.3 Å². The Balaban J connectivity index is 1.78. The quantitative estimate of drug-likeness (QED) is 0.539. The van der Waals surface area contributed by atoms with Crippen LogP contribution in [-0.4, -0.2) is 27.4 Å². The normalized spacial score (nSPS) is 15.6. The van der Waals surface area contributed by atoms with Crippen molar-refractivity contribution < 1.29 is 14.4 Å². The van der Waals surface area contributed by atoms with Gasteiger partial charge in [0.15, 0.2) is 0 Å². The van der Waals surface area contributed by atoms with E-state index in [0.717, 1.165) is 27.7 Å². The molecule has 3 heterocycles. The lowest BCUT2D eigenvalue weighted by Crippen LogP contribution is -2.54. The molecule has 2 aromatic heterocycles. The summed E-state index contributed by atoms with van der Waals surface area (Å²) in [6, 6.07) is 13.8. The fourth-order valence-electron chi connectivity index (χ4n) is 3.62. The largest absolute Gasteiger partial charge is 0.335 e. The standard InChI is InChI=1S/C23H20N4O3/c1-14-8-4-5-9-19(14)27-22(29)18(21(28)25-23(27)30)13-17-12-15(2)26(16(17)3)20-10-6-7-11-24-20/h4-13H,1-3H3,(H,25,28,30)/b18-13+. The van der Waals surface area contributed by atoms with E-state index in [1.165, 1.54) is 6.08 Å². The molecule has 4 rings (SSSR count). The van der Waals surface area contributed by atoms with Crippen LogP contribution in [0.15, 0.2) is 60.3 Å². The van der Waals surface area contributed by atoms with Crippen molar-refractivity contribution in [1.29, 1.82) is 0 Å². The van der Waals surface area contributed by atoms with Crippen molar-refractivity contribution in [2.45, 2.75) is 20.8 Å². The number of para-hydroxylation sites is 1. The van der Waals surface area contributed by atoms with Crippen molar-refractivity contribution in [3.05, 3.63) is 82.8 Å². The first kappa shape index (κ1) is 19.3. The van der Waals surface area contributed by atoms with Gasteiger partial charge in [-0.3, -0.25) is 14.9 Å². The van der Waals surface area contributed by atoms with E-state index >= 15 is 0 Å². The Morgan fingerprint density at radius 1 is 0.967 bits per heavy atom. The van der Waals surface area contributed by atoms with E-state index in [9.17, 15) is 14.4 Å². The summed E-state index contributed by atoms with van der Waals surface area (Å²) >= 11 is 0. The number of aryl methyl sites for hydroxylation is 2. The summed E-state index contributed by atoms with van der Waals surface area (Å²) in [5.41, 5.74) is 3.54. The molecular formula is C23H20N4O3. The highest BCUT2D eigenvalue weighted by atomic mass is 16.2. The third-order valence-electron chi connectivity index (χ3n) is 5.11. The second-order valence-corrected chi connectivity index (χ2v) is 7.09. The third-order valence-corrected chi connectivity index (χ3v) is 5.11. The molecule has 150 valence electrons. The number of pyridine rings is 1. The van der Waals surface area contributed by atoms with Crippen LogP contribution < -0.4 is 10.2 Å². The molecule has 1 aliphatic rings. The van der Waals surface area contributed by atoms with Crippen LogP contribution in [-0.2, 0) is 9.59 Å². The maximum Gasteiger partial charge on any atom is 0.335 e. The highest BCUT2D eigenvalue weighted by molar-refractivity contribution is 6.39. The number of aromatic nitrogens is 2. The number of hydrogen-bond donors (Lipinski definition) is 1. The molecule has 4 amide bonds. The van der Waals surface area contributed by atoms with Crippen LogP contribution in [0.4, 0.5) is 10.5 Å². The van der Waals surface area contributed by atoms with Crippen molar-refractivity contribution in [3.8, 4) is 5.82 Å². The second-order valence-electron chi connectivity index (χ2n) is 7.09. The lowest BCUT2D eigenvalue weighted by Gasteiger charge is -2.27. The minimum Gasteiger partial charge on any atom is -0.303 e. The molecule has 0 radical (unpaired) electrons. The molecule has 0 atom stereocenters. The number of amides is 4. The highest BCUT2D eigenvalue weighted by Crippen LogP contribution is 2.27. The van der Waals surface area contributed by atoms with Gasteiger partial charge < -0.3 is 4.57 Å². The number of benzene rings is 1. The first-order valence-corrected chi connectivity index (χ1v) is 9.46.